The van der Waals surface area contributed by atoms with Crippen molar-refractivity contribution in [1.29, 1.82) is 0 Å². The molecule has 3 nitrogen and oxygen atoms in total. The first kappa shape index (κ1) is 12.1. The molecule has 1 heterocycles. The van der Waals surface area contributed by atoms with E-state index in [0.29, 0.717) is 5.56 Å². The van der Waals surface area contributed by atoms with Gasteiger partial charge in [0.25, 0.3) is 0 Å². The van der Waals surface area contributed by atoms with Crippen molar-refractivity contribution in [3.63, 3.8) is 0 Å². The van der Waals surface area contributed by atoms with E-state index in [2.05, 4.69) is 25.7 Å². The lowest BCUT2D eigenvalue weighted by molar-refractivity contribution is -0.275. The Morgan fingerprint density at radius 2 is 2.13 bits per heavy atom. The number of hydrogen-bond donors (Lipinski definition) is 1. The third-order valence-electron chi connectivity index (χ3n) is 1.64. The number of rotatable bonds is 2. The fourth-order valence-electron chi connectivity index (χ4n) is 0.951. The molecule has 0 fully saturated rings. The van der Waals surface area contributed by atoms with Gasteiger partial charge in [-0.15, -0.1) is 13.2 Å². The summed E-state index contributed by atoms with van der Waals surface area (Å²) < 4.78 is 39.8. The predicted octanol–water partition coefficient (Wildman–Crippen LogP) is 2.77. The minimum Gasteiger partial charge on any atom is -0.404 e. The van der Waals surface area contributed by atoms with E-state index in [0.717, 1.165) is 0 Å². The highest BCUT2D eigenvalue weighted by Gasteiger charge is 2.32. The molecule has 7 heteroatoms. The van der Waals surface area contributed by atoms with Crippen molar-refractivity contribution in [1.82, 2.24) is 4.98 Å². The van der Waals surface area contributed by atoms with Crippen molar-refractivity contribution < 1.29 is 17.9 Å². The Bertz CT molecular complexity index is 368. The number of hydrogen-bond acceptors (Lipinski definition) is 3. The van der Waals surface area contributed by atoms with Crippen molar-refractivity contribution in [2.45, 2.75) is 18.6 Å². The van der Waals surface area contributed by atoms with Gasteiger partial charge in [-0.3, -0.25) is 0 Å². The number of alkyl halides is 4. The Kier molecular flexibility index (Phi) is 3.43. The van der Waals surface area contributed by atoms with Crippen molar-refractivity contribution >= 4 is 21.7 Å². The minimum absolute atomic E-state index is 0.121. The molecule has 15 heavy (non-hydrogen) atoms. The van der Waals surface area contributed by atoms with Gasteiger partial charge in [0.15, 0.2) is 5.75 Å². The number of nitrogen functional groups attached to an aromatic ring is 1. The molecule has 0 bridgehead atoms. The van der Waals surface area contributed by atoms with E-state index in [4.69, 9.17) is 5.73 Å². The van der Waals surface area contributed by atoms with Gasteiger partial charge >= 0.3 is 6.36 Å². The summed E-state index contributed by atoms with van der Waals surface area (Å²) in [5, 5.41) is 0.142. The lowest BCUT2D eigenvalue weighted by Crippen LogP contribution is -2.18. The van der Waals surface area contributed by atoms with Gasteiger partial charge in [-0.25, -0.2) is 4.98 Å². The van der Waals surface area contributed by atoms with Gasteiger partial charge in [-0.1, -0.05) is 15.9 Å². The largest absolute Gasteiger partial charge is 0.573 e. The molecule has 0 aliphatic carbocycles. The summed E-state index contributed by atoms with van der Waals surface area (Å²) in [7, 11) is 0. The maximum Gasteiger partial charge on any atom is 0.573 e. The maximum atomic E-state index is 12.0. The smallest absolute Gasteiger partial charge is 0.404 e. The highest BCUT2D eigenvalue weighted by molar-refractivity contribution is 9.08. The van der Waals surface area contributed by atoms with Crippen molar-refractivity contribution in [2.75, 3.05) is 5.73 Å². The normalized spacial score (nSPS) is 11.5. The molecule has 0 saturated carbocycles. The Balaban J connectivity index is 3.11. The summed E-state index contributed by atoms with van der Waals surface area (Å²) in [6.45, 7) is 1.56. The summed E-state index contributed by atoms with van der Waals surface area (Å²) in [5.74, 6) is -0.134. The van der Waals surface area contributed by atoms with Gasteiger partial charge in [-0.2, -0.15) is 0 Å². The van der Waals surface area contributed by atoms with Crippen LogP contribution in [0.25, 0.3) is 0 Å². The van der Waals surface area contributed by atoms with E-state index in [1.165, 1.54) is 6.07 Å². The van der Waals surface area contributed by atoms with Gasteiger partial charge in [0.2, 0.25) is 0 Å². The number of ether oxygens (including phenoxy) is 1. The zero-order chi connectivity index (χ0) is 11.6. The molecule has 0 spiro atoms. The van der Waals surface area contributed by atoms with Crippen LogP contribution in [0.1, 0.15) is 11.3 Å². The second-order valence-corrected chi connectivity index (χ2v) is 3.38. The third kappa shape index (κ3) is 3.26. The number of nitrogens with zero attached hydrogens (tertiary/aromatic N) is 1. The first-order valence-electron chi connectivity index (χ1n) is 3.91. The van der Waals surface area contributed by atoms with Crippen LogP contribution in [0.5, 0.6) is 5.75 Å². The summed E-state index contributed by atoms with van der Waals surface area (Å²) in [4.78, 5) is 3.78. The number of pyridine rings is 1. The van der Waals surface area contributed by atoms with Crippen molar-refractivity contribution in [3.05, 3.63) is 17.3 Å². The molecule has 1 aromatic rings. The fourth-order valence-corrected chi connectivity index (χ4v) is 1.35. The average Bonchev–Trinajstić information content (AvgIpc) is 2.08. The van der Waals surface area contributed by atoms with Crippen LogP contribution in [-0.2, 0) is 5.33 Å². The third-order valence-corrected chi connectivity index (χ3v) is 2.17. The topological polar surface area (TPSA) is 48.1 Å². The quantitative estimate of drug-likeness (QED) is 0.850. The van der Waals surface area contributed by atoms with Gasteiger partial charge in [0.05, 0.1) is 5.69 Å². The van der Waals surface area contributed by atoms with Crippen LogP contribution < -0.4 is 10.5 Å². The Morgan fingerprint density at radius 1 is 1.53 bits per heavy atom. The van der Waals surface area contributed by atoms with Gasteiger partial charge < -0.3 is 10.5 Å². The number of aromatic nitrogens is 1. The van der Waals surface area contributed by atoms with Crippen LogP contribution in [0.15, 0.2) is 6.07 Å². The zero-order valence-electron chi connectivity index (χ0n) is 7.73. The molecule has 0 radical (unpaired) electrons. The lowest BCUT2D eigenvalue weighted by Gasteiger charge is -2.13. The summed E-state index contributed by atoms with van der Waals surface area (Å²) in [6, 6.07) is 1.21. The van der Waals surface area contributed by atoms with E-state index in [9.17, 15) is 13.2 Å². The molecular formula is C8H8BrF3N2O. The first-order valence-corrected chi connectivity index (χ1v) is 5.03. The van der Waals surface area contributed by atoms with Crippen LogP contribution >= 0.6 is 15.9 Å². The molecular weight excluding hydrogens is 277 g/mol. The highest BCUT2D eigenvalue weighted by atomic mass is 79.9. The molecule has 2 N–H and O–H groups in total. The molecule has 0 amide bonds. The molecule has 0 saturated heterocycles. The summed E-state index contributed by atoms with van der Waals surface area (Å²) in [6.07, 6.45) is -4.72. The van der Waals surface area contributed by atoms with Gasteiger partial charge in [-0.05, 0) is 18.6 Å². The molecule has 1 rings (SSSR count). The van der Waals surface area contributed by atoms with Crippen LogP contribution in [0, 0.1) is 6.92 Å². The molecule has 0 aromatic carbocycles. The zero-order valence-corrected chi connectivity index (χ0v) is 9.32. The molecule has 0 aliphatic rings. The van der Waals surface area contributed by atoms with Crippen molar-refractivity contribution in [3.8, 4) is 5.75 Å². The Labute approximate surface area is 92.6 Å². The summed E-state index contributed by atoms with van der Waals surface area (Å²) in [5.41, 5.74) is 6.02. The molecule has 0 atom stereocenters. The predicted molar refractivity (Wildman–Crippen MR) is 52.7 cm³/mol. The van der Waals surface area contributed by atoms with Gasteiger partial charge in [0, 0.05) is 5.33 Å². The highest BCUT2D eigenvalue weighted by Crippen LogP contribution is 2.29. The molecule has 1 aromatic heterocycles. The van der Waals surface area contributed by atoms with E-state index < -0.39 is 6.36 Å². The van der Waals surface area contributed by atoms with E-state index in [-0.39, 0.29) is 22.6 Å². The SMILES string of the molecule is Cc1cc(OC(F)(F)F)c(CBr)nc1N. The molecule has 0 aliphatic heterocycles. The van der Waals surface area contributed by atoms with E-state index >= 15 is 0 Å². The van der Waals surface area contributed by atoms with Gasteiger partial charge in [0.1, 0.15) is 5.82 Å². The van der Waals surface area contributed by atoms with E-state index in [1.54, 1.807) is 6.92 Å². The van der Waals surface area contributed by atoms with Crippen LogP contribution in [0.3, 0.4) is 0 Å². The van der Waals surface area contributed by atoms with Crippen LogP contribution in [-0.4, -0.2) is 11.3 Å². The van der Waals surface area contributed by atoms with Crippen LogP contribution in [0.2, 0.25) is 0 Å². The molecule has 84 valence electrons. The molecule has 0 unspecified atom stereocenters. The minimum atomic E-state index is -4.72. The first-order chi connectivity index (χ1) is 6.83. The van der Waals surface area contributed by atoms with E-state index in [1.807, 2.05) is 0 Å². The maximum absolute atomic E-state index is 12.0. The lowest BCUT2D eigenvalue weighted by atomic mass is 10.2. The average molecular weight is 285 g/mol. The van der Waals surface area contributed by atoms with Crippen LogP contribution in [0.4, 0.5) is 19.0 Å². The Hall–Kier alpha value is -0.980. The number of nitrogens with two attached hydrogens (primary N) is 1. The Morgan fingerprint density at radius 3 is 2.60 bits per heavy atom. The summed E-state index contributed by atoms with van der Waals surface area (Å²) >= 11 is 3.01. The number of anilines is 1. The second-order valence-electron chi connectivity index (χ2n) is 2.82. The fraction of sp³-hybridized carbons (Fsp3) is 0.375. The number of halogens is 4. The number of aryl methyl sites for hydroxylation is 1. The second kappa shape index (κ2) is 4.26. The monoisotopic (exact) mass is 284 g/mol. The van der Waals surface area contributed by atoms with Crippen molar-refractivity contribution in [2.24, 2.45) is 0 Å². The standard InChI is InChI=1S/C8H8BrF3N2O/c1-4-2-6(15-8(10,11)12)5(3-9)14-7(4)13/h2H,3H2,1H3,(H2,13,14).